The molecule has 1 aliphatic rings. The van der Waals surface area contributed by atoms with E-state index in [4.69, 9.17) is 4.74 Å². The van der Waals surface area contributed by atoms with Crippen LogP contribution in [0.4, 0.5) is 0 Å². The van der Waals surface area contributed by atoms with Crippen LogP contribution in [-0.4, -0.2) is 41.6 Å². The van der Waals surface area contributed by atoms with Gasteiger partial charge < -0.3 is 9.64 Å². The number of halogens is 1. The monoisotopic (exact) mass is 430 g/mol. The number of hydrogen-bond acceptors (Lipinski definition) is 3. The first-order valence-corrected chi connectivity index (χ1v) is 10.5. The van der Waals surface area contributed by atoms with Crippen molar-refractivity contribution < 1.29 is 9.53 Å². The Balaban J connectivity index is 1.71. The lowest BCUT2D eigenvalue weighted by Gasteiger charge is -2.21. The number of pyridine rings is 1. The van der Waals surface area contributed by atoms with E-state index in [9.17, 15) is 4.79 Å². The summed E-state index contributed by atoms with van der Waals surface area (Å²) in [6.45, 7) is 6.39. The molecular weight excluding hydrogens is 404 g/mol. The van der Waals surface area contributed by atoms with Crippen molar-refractivity contribution in [1.29, 1.82) is 0 Å². The number of aromatic nitrogens is 1. The standard InChI is InChI=1S/C22H27BrN2O2/c1-3-14-27-19-8-5-12-25(13-11-19)22(26)20-9-10-21(24-16(20)2)17-6-4-7-18(23)15-17/h4,6-7,9-10,15,19H,3,5,8,11-14H2,1-2H3. The summed E-state index contributed by atoms with van der Waals surface area (Å²) < 4.78 is 6.91. The summed E-state index contributed by atoms with van der Waals surface area (Å²) in [5, 5.41) is 0. The van der Waals surface area contributed by atoms with Crippen LogP contribution in [0.2, 0.25) is 0 Å². The predicted octanol–water partition coefficient (Wildman–Crippen LogP) is 5.24. The predicted molar refractivity (Wildman–Crippen MR) is 112 cm³/mol. The van der Waals surface area contributed by atoms with E-state index in [1.54, 1.807) is 0 Å². The van der Waals surface area contributed by atoms with Crippen molar-refractivity contribution in [3.8, 4) is 11.3 Å². The number of amides is 1. The number of likely N-dealkylation sites (tertiary alicyclic amines) is 1. The number of aryl methyl sites for hydroxylation is 1. The lowest BCUT2D eigenvalue weighted by Crippen LogP contribution is -2.33. The van der Waals surface area contributed by atoms with Crippen LogP contribution >= 0.6 is 15.9 Å². The van der Waals surface area contributed by atoms with E-state index in [2.05, 4.69) is 27.8 Å². The number of carbonyl (C=O) groups excluding carboxylic acids is 1. The fraction of sp³-hybridized carbons (Fsp3) is 0.455. The minimum Gasteiger partial charge on any atom is -0.378 e. The SMILES string of the molecule is CCCOC1CCCN(C(=O)c2ccc(-c3cccc(Br)c3)nc2C)CC1. The van der Waals surface area contributed by atoms with Gasteiger partial charge in [0.1, 0.15) is 0 Å². The summed E-state index contributed by atoms with van der Waals surface area (Å²) in [5.41, 5.74) is 3.40. The van der Waals surface area contributed by atoms with Gasteiger partial charge in [-0.05, 0) is 56.9 Å². The highest BCUT2D eigenvalue weighted by Crippen LogP contribution is 2.24. The zero-order chi connectivity index (χ0) is 19.2. The van der Waals surface area contributed by atoms with Crippen molar-refractivity contribution in [3.63, 3.8) is 0 Å². The second-order valence-electron chi connectivity index (χ2n) is 7.06. The average Bonchev–Trinajstić information content (AvgIpc) is 2.91. The van der Waals surface area contributed by atoms with Crippen LogP contribution in [0.5, 0.6) is 0 Å². The Bertz CT molecular complexity index is 794. The van der Waals surface area contributed by atoms with Gasteiger partial charge in [-0.25, -0.2) is 0 Å². The molecule has 1 unspecified atom stereocenters. The molecule has 1 fully saturated rings. The second kappa shape index (κ2) is 9.47. The lowest BCUT2D eigenvalue weighted by atomic mass is 10.1. The topological polar surface area (TPSA) is 42.4 Å². The minimum atomic E-state index is 0.0805. The van der Waals surface area contributed by atoms with Crippen molar-refractivity contribution in [2.24, 2.45) is 0 Å². The number of benzene rings is 1. The van der Waals surface area contributed by atoms with Crippen molar-refractivity contribution >= 4 is 21.8 Å². The van der Waals surface area contributed by atoms with Gasteiger partial charge in [0.2, 0.25) is 0 Å². The molecule has 1 atom stereocenters. The van der Waals surface area contributed by atoms with Crippen molar-refractivity contribution in [3.05, 3.63) is 52.1 Å². The van der Waals surface area contributed by atoms with Gasteiger partial charge in [0.15, 0.2) is 0 Å². The van der Waals surface area contributed by atoms with Crippen LogP contribution in [0, 0.1) is 6.92 Å². The number of ether oxygens (including phenoxy) is 1. The first-order chi connectivity index (χ1) is 13.1. The molecule has 1 aromatic carbocycles. The molecule has 1 amide bonds. The van der Waals surface area contributed by atoms with Crippen molar-refractivity contribution in [2.45, 2.75) is 45.6 Å². The molecule has 2 heterocycles. The van der Waals surface area contributed by atoms with Gasteiger partial charge in [-0.2, -0.15) is 0 Å². The molecule has 0 radical (unpaired) electrons. The van der Waals surface area contributed by atoms with E-state index < -0.39 is 0 Å². The zero-order valence-corrected chi connectivity index (χ0v) is 17.7. The molecule has 0 spiro atoms. The molecule has 27 heavy (non-hydrogen) atoms. The van der Waals surface area contributed by atoms with Crippen molar-refractivity contribution in [1.82, 2.24) is 9.88 Å². The smallest absolute Gasteiger partial charge is 0.255 e. The quantitative estimate of drug-likeness (QED) is 0.650. The highest BCUT2D eigenvalue weighted by molar-refractivity contribution is 9.10. The third kappa shape index (κ3) is 5.17. The summed E-state index contributed by atoms with van der Waals surface area (Å²) in [7, 11) is 0. The molecule has 2 aromatic rings. The molecule has 0 N–H and O–H groups in total. The molecule has 0 aliphatic carbocycles. The lowest BCUT2D eigenvalue weighted by molar-refractivity contribution is 0.0432. The molecule has 3 rings (SSSR count). The van der Waals surface area contributed by atoms with Crippen LogP contribution in [0.15, 0.2) is 40.9 Å². The molecular formula is C22H27BrN2O2. The van der Waals surface area contributed by atoms with Crippen LogP contribution in [-0.2, 0) is 4.74 Å². The van der Waals surface area contributed by atoms with Crippen LogP contribution < -0.4 is 0 Å². The zero-order valence-electron chi connectivity index (χ0n) is 16.1. The number of nitrogens with zero attached hydrogens (tertiary/aromatic N) is 2. The Kier molecular flexibility index (Phi) is 7.02. The van der Waals surface area contributed by atoms with E-state index in [-0.39, 0.29) is 12.0 Å². The molecule has 1 aliphatic heterocycles. The average molecular weight is 431 g/mol. The Morgan fingerprint density at radius 1 is 1.26 bits per heavy atom. The van der Waals surface area contributed by atoms with E-state index in [1.807, 2.05) is 48.2 Å². The molecule has 144 valence electrons. The first-order valence-electron chi connectivity index (χ1n) is 9.73. The maximum absolute atomic E-state index is 13.0. The van der Waals surface area contributed by atoms with E-state index in [0.717, 1.165) is 66.8 Å². The maximum atomic E-state index is 13.0. The highest BCUT2D eigenvalue weighted by Gasteiger charge is 2.23. The van der Waals surface area contributed by atoms with E-state index in [0.29, 0.717) is 5.56 Å². The number of carbonyl (C=O) groups is 1. The van der Waals surface area contributed by atoms with Gasteiger partial charge in [0.05, 0.1) is 23.1 Å². The molecule has 1 aromatic heterocycles. The van der Waals surface area contributed by atoms with Crippen LogP contribution in [0.1, 0.15) is 48.7 Å². The Labute approximate surface area is 170 Å². The van der Waals surface area contributed by atoms with Crippen molar-refractivity contribution in [2.75, 3.05) is 19.7 Å². The maximum Gasteiger partial charge on any atom is 0.255 e. The Hall–Kier alpha value is -1.72. The van der Waals surface area contributed by atoms with Gasteiger partial charge in [-0.15, -0.1) is 0 Å². The second-order valence-corrected chi connectivity index (χ2v) is 7.97. The third-order valence-electron chi connectivity index (χ3n) is 4.96. The molecule has 5 heteroatoms. The van der Waals surface area contributed by atoms with Gasteiger partial charge in [0.25, 0.3) is 5.91 Å². The summed E-state index contributed by atoms with van der Waals surface area (Å²) >= 11 is 3.50. The van der Waals surface area contributed by atoms with Crippen LogP contribution in [0.25, 0.3) is 11.3 Å². The summed E-state index contributed by atoms with van der Waals surface area (Å²) in [5.74, 6) is 0.0805. The van der Waals surface area contributed by atoms with Gasteiger partial charge >= 0.3 is 0 Å². The van der Waals surface area contributed by atoms with Gasteiger partial charge in [0, 0.05) is 29.7 Å². The Morgan fingerprint density at radius 3 is 2.85 bits per heavy atom. The number of hydrogen-bond donors (Lipinski definition) is 0. The fourth-order valence-corrected chi connectivity index (χ4v) is 3.89. The summed E-state index contributed by atoms with van der Waals surface area (Å²) in [6, 6.07) is 11.9. The summed E-state index contributed by atoms with van der Waals surface area (Å²) in [6.07, 6.45) is 4.25. The fourth-order valence-electron chi connectivity index (χ4n) is 3.49. The minimum absolute atomic E-state index is 0.0805. The number of rotatable bonds is 5. The van der Waals surface area contributed by atoms with E-state index >= 15 is 0 Å². The first kappa shape index (κ1) is 20.0. The van der Waals surface area contributed by atoms with E-state index in [1.165, 1.54) is 0 Å². The largest absolute Gasteiger partial charge is 0.378 e. The third-order valence-corrected chi connectivity index (χ3v) is 5.45. The molecule has 1 saturated heterocycles. The highest BCUT2D eigenvalue weighted by atomic mass is 79.9. The van der Waals surface area contributed by atoms with Gasteiger partial charge in [-0.1, -0.05) is 35.0 Å². The molecule has 0 saturated carbocycles. The van der Waals surface area contributed by atoms with Gasteiger partial charge in [-0.3, -0.25) is 9.78 Å². The molecule has 0 bridgehead atoms. The normalized spacial score (nSPS) is 17.6. The van der Waals surface area contributed by atoms with Crippen LogP contribution in [0.3, 0.4) is 0 Å². The Morgan fingerprint density at radius 2 is 2.11 bits per heavy atom. The summed E-state index contributed by atoms with van der Waals surface area (Å²) in [4.78, 5) is 19.7. The molecule has 4 nitrogen and oxygen atoms in total.